The Balaban J connectivity index is 1.79. The Hall–Kier alpha value is -2.43. The fourth-order valence-corrected chi connectivity index (χ4v) is 2.27. The molecule has 0 saturated carbocycles. The van der Waals surface area contributed by atoms with Crippen LogP contribution in [0.5, 0.6) is 0 Å². The molecule has 21 heavy (non-hydrogen) atoms. The van der Waals surface area contributed by atoms with Crippen LogP contribution in [0.1, 0.15) is 25.5 Å². The Kier molecular flexibility index (Phi) is 3.56. The first kappa shape index (κ1) is 13.5. The van der Waals surface area contributed by atoms with Gasteiger partial charge in [-0.25, -0.2) is 14.1 Å². The Morgan fingerprint density at radius 1 is 1.24 bits per heavy atom. The molecule has 1 aromatic carbocycles. The summed E-state index contributed by atoms with van der Waals surface area (Å²) >= 11 is 0. The van der Waals surface area contributed by atoms with Gasteiger partial charge in [-0.1, -0.05) is 12.1 Å². The van der Waals surface area contributed by atoms with E-state index in [1.807, 2.05) is 23.0 Å². The zero-order chi connectivity index (χ0) is 14.8. The van der Waals surface area contributed by atoms with Gasteiger partial charge in [0.1, 0.15) is 5.82 Å². The molecular weight excluding hydrogens is 267 g/mol. The quantitative estimate of drug-likeness (QED) is 0.793. The van der Waals surface area contributed by atoms with Crippen LogP contribution in [0.25, 0.3) is 11.0 Å². The highest BCUT2D eigenvalue weighted by Gasteiger charge is 2.07. The Morgan fingerprint density at radius 2 is 2.10 bits per heavy atom. The molecule has 108 valence electrons. The molecule has 5 heteroatoms. The highest BCUT2D eigenvalue weighted by atomic mass is 19.1. The van der Waals surface area contributed by atoms with Crippen LogP contribution in [-0.4, -0.2) is 14.8 Å². The van der Waals surface area contributed by atoms with Crippen LogP contribution < -0.4 is 5.32 Å². The van der Waals surface area contributed by atoms with E-state index >= 15 is 0 Å². The third-order valence-corrected chi connectivity index (χ3v) is 3.31. The standard InChI is InChI=1S/C16H17FN4/c1-11(2)21-16-13(9-20-21)7-15(10-19-16)18-8-12-4-3-5-14(17)6-12/h3-7,9-11,18H,8H2,1-2H3. The van der Waals surface area contributed by atoms with Gasteiger partial charge in [0.2, 0.25) is 0 Å². The summed E-state index contributed by atoms with van der Waals surface area (Å²) in [5, 5.41) is 8.59. The number of nitrogens with zero attached hydrogens (tertiary/aromatic N) is 3. The Bertz CT molecular complexity index is 764. The number of halogens is 1. The van der Waals surface area contributed by atoms with Crippen LogP contribution in [0.15, 0.2) is 42.7 Å². The summed E-state index contributed by atoms with van der Waals surface area (Å²) in [4.78, 5) is 4.46. The van der Waals surface area contributed by atoms with Crippen molar-refractivity contribution in [3.8, 4) is 0 Å². The van der Waals surface area contributed by atoms with Gasteiger partial charge < -0.3 is 5.32 Å². The van der Waals surface area contributed by atoms with E-state index in [1.165, 1.54) is 12.1 Å². The van der Waals surface area contributed by atoms with Crippen molar-refractivity contribution in [3.05, 3.63) is 54.1 Å². The van der Waals surface area contributed by atoms with Gasteiger partial charge in [-0.3, -0.25) is 0 Å². The lowest BCUT2D eigenvalue weighted by Crippen LogP contribution is -2.04. The molecule has 0 radical (unpaired) electrons. The minimum atomic E-state index is -0.221. The molecule has 2 aromatic heterocycles. The van der Waals surface area contributed by atoms with Crippen molar-refractivity contribution >= 4 is 16.7 Å². The van der Waals surface area contributed by atoms with E-state index in [4.69, 9.17) is 0 Å². The van der Waals surface area contributed by atoms with Crippen LogP contribution in [0.3, 0.4) is 0 Å². The minimum absolute atomic E-state index is 0.221. The summed E-state index contributed by atoms with van der Waals surface area (Å²) in [5.41, 5.74) is 2.67. The number of anilines is 1. The molecule has 2 heterocycles. The summed E-state index contributed by atoms with van der Waals surface area (Å²) in [7, 11) is 0. The summed E-state index contributed by atoms with van der Waals surface area (Å²) in [6.45, 7) is 4.71. The zero-order valence-electron chi connectivity index (χ0n) is 12.0. The third kappa shape index (κ3) is 2.86. The number of fused-ring (bicyclic) bond motifs is 1. The lowest BCUT2D eigenvalue weighted by molar-refractivity contribution is 0.546. The second-order valence-corrected chi connectivity index (χ2v) is 5.30. The number of benzene rings is 1. The zero-order valence-corrected chi connectivity index (χ0v) is 12.0. The third-order valence-electron chi connectivity index (χ3n) is 3.31. The summed E-state index contributed by atoms with van der Waals surface area (Å²) in [6, 6.07) is 8.85. The average Bonchev–Trinajstić information content (AvgIpc) is 2.88. The largest absolute Gasteiger partial charge is 0.380 e. The SMILES string of the molecule is CC(C)n1ncc2cc(NCc3cccc(F)c3)cnc21. The molecule has 1 N–H and O–H groups in total. The number of pyridine rings is 1. The number of rotatable bonds is 4. The van der Waals surface area contributed by atoms with Crippen LogP contribution >= 0.6 is 0 Å². The summed E-state index contributed by atoms with van der Waals surface area (Å²) in [5.74, 6) is -0.221. The van der Waals surface area contributed by atoms with Gasteiger partial charge in [0.15, 0.2) is 5.65 Å². The normalized spacial score (nSPS) is 11.2. The fourth-order valence-electron chi connectivity index (χ4n) is 2.27. The lowest BCUT2D eigenvalue weighted by atomic mass is 10.2. The van der Waals surface area contributed by atoms with Gasteiger partial charge in [-0.05, 0) is 37.6 Å². The Morgan fingerprint density at radius 3 is 2.86 bits per heavy atom. The van der Waals surface area contributed by atoms with E-state index in [0.717, 1.165) is 22.3 Å². The fraction of sp³-hybridized carbons (Fsp3) is 0.250. The summed E-state index contributed by atoms with van der Waals surface area (Å²) < 4.78 is 15.0. The predicted molar refractivity (Wildman–Crippen MR) is 81.6 cm³/mol. The average molecular weight is 284 g/mol. The molecule has 0 aliphatic rings. The van der Waals surface area contributed by atoms with Gasteiger partial charge in [0, 0.05) is 18.0 Å². The van der Waals surface area contributed by atoms with Crippen molar-refractivity contribution in [2.75, 3.05) is 5.32 Å². The van der Waals surface area contributed by atoms with Crippen molar-refractivity contribution in [1.29, 1.82) is 0 Å². The van der Waals surface area contributed by atoms with Crippen LogP contribution in [-0.2, 0) is 6.54 Å². The van der Waals surface area contributed by atoms with E-state index in [9.17, 15) is 4.39 Å². The first-order valence-corrected chi connectivity index (χ1v) is 6.95. The summed E-state index contributed by atoms with van der Waals surface area (Å²) in [6.07, 6.45) is 3.60. The molecule has 0 aliphatic carbocycles. The lowest BCUT2D eigenvalue weighted by Gasteiger charge is -2.08. The molecule has 0 bridgehead atoms. The number of hydrogen-bond acceptors (Lipinski definition) is 3. The molecule has 3 aromatic rings. The monoisotopic (exact) mass is 284 g/mol. The number of aromatic nitrogens is 3. The number of hydrogen-bond donors (Lipinski definition) is 1. The van der Waals surface area contributed by atoms with E-state index in [-0.39, 0.29) is 11.9 Å². The first-order valence-electron chi connectivity index (χ1n) is 6.95. The van der Waals surface area contributed by atoms with E-state index in [2.05, 4.69) is 29.2 Å². The van der Waals surface area contributed by atoms with Gasteiger partial charge in [-0.2, -0.15) is 5.10 Å². The second-order valence-electron chi connectivity index (χ2n) is 5.30. The molecule has 0 aliphatic heterocycles. The maximum Gasteiger partial charge on any atom is 0.158 e. The molecule has 4 nitrogen and oxygen atoms in total. The smallest absolute Gasteiger partial charge is 0.158 e. The van der Waals surface area contributed by atoms with Crippen LogP contribution in [0, 0.1) is 5.82 Å². The maximum atomic E-state index is 13.1. The van der Waals surface area contributed by atoms with Crippen molar-refractivity contribution in [2.45, 2.75) is 26.4 Å². The van der Waals surface area contributed by atoms with Gasteiger partial charge in [0.05, 0.1) is 18.1 Å². The molecular formula is C16H17FN4. The molecule has 0 atom stereocenters. The maximum absolute atomic E-state index is 13.1. The molecule has 0 spiro atoms. The molecule has 0 saturated heterocycles. The molecule has 0 amide bonds. The first-order chi connectivity index (χ1) is 10.1. The minimum Gasteiger partial charge on any atom is -0.380 e. The molecule has 0 unspecified atom stereocenters. The van der Waals surface area contributed by atoms with Gasteiger partial charge in [0.25, 0.3) is 0 Å². The van der Waals surface area contributed by atoms with Crippen molar-refractivity contribution < 1.29 is 4.39 Å². The van der Waals surface area contributed by atoms with Crippen LogP contribution in [0.2, 0.25) is 0 Å². The molecule has 3 rings (SSSR count). The highest BCUT2D eigenvalue weighted by molar-refractivity contribution is 5.78. The van der Waals surface area contributed by atoms with Gasteiger partial charge >= 0.3 is 0 Å². The van der Waals surface area contributed by atoms with Gasteiger partial charge in [-0.15, -0.1) is 0 Å². The van der Waals surface area contributed by atoms with E-state index in [0.29, 0.717) is 6.54 Å². The van der Waals surface area contributed by atoms with E-state index in [1.54, 1.807) is 12.3 Å². The molecule has 0 fully saturated rings. The van der Waals surface area contributed by atoms with Crippen molar-refractivity contribution in [3.63, 3.8) is 0 Å². The van der Waals surface area contributed by atoms with Crippen molar-refractivity contribution in [2.24, 2.45) is 0 Å². The topological polar surface area (TPSA) is 42.7 Å². The van der Waals surface area contributed by atoms with Crippen LogP contribution in [0.4, 0.5) is 10.1 Å². The predicted octanol–water partition coefficient (Wildman–Crippen LogP) is 3.76. The Labute approximate surface area is 122 Å². The number of nitrogens with one attached hydrogen (secondary N) is 1. The van der Waals surface area contributed by atoms with Crippen molar-refractivity contribution in [1.82, 2.24) is 14.8 Å². The highest BCUT2D eigenvalue weighted by Crippen LogP contribution is 2.19. The second kappa shape index (κ2) is 5.52. The van der Waals surface area contributed by atoms with E-state index < -0.39 is 0 Å².